The summed E-state index contributed by atoms with van der Waals surface area (Å²) in [7, 11) is 0. The van der Waals surface area contributed by atoms with E-state index < -0.39 is 0 Å². The highest BCUT2D eigenvalue weighted by molar-refractivity contribution is 14.1. The Labute approximate surface area is 103 Å². The molecule has 1 rings (SSSR count). The summed E-state index contributed by atoms with van der Waals surface area (Å²) in [6, 6.07) is 0.250. The molecule has 0 aliphatic heterocycles. The maximum atomic E-state index is 5.86. The molecule has 0 bridgehead atoms. The summed E-state index contributed by atoms with van der Waals surface area (Å²) in [6.45, 7) is 4.27. The van der Waals surface area contributed by atoms with Gasteiger partial charge in [0.05, 0.1) is 3.57 Å². The van der Waals surface area contributed by atoms with Gasteiger partial charge in [0, 0.05) is 18.1 Å². The molecule has 0 aliphatic rings. The molecule has 0 radical (unpaired) electrons. The zero-order valence-corrected chi connectivity index (χ0v) is 11.1. The van der Waals surface area contributed by atoms with Crippen LogP contribution in [0, 0.1) is 9.49 Å². The van der Waals surface area contributed by atoms with Gasteiger partial charge in [0.1, 0.15) is 12.1 Å². The second kappa shape index (κ2) is 5.70. The molecule has 3 nitrogen and oxygen atoms in total. The monoisotopic (exact) mass is 325 g/mol. The molecule has 1 N–H and O–H groups in total. The van der Waals surface area contributed by atoms with Crippen LogP contribution in [-0.4, -0.2) is 21.9 Å². The van der Waals surface area contributed by atoms with Crippen molar-refractivity contribution in [2.24, 2.45) is 5.92 Å². The van der Waals surface area contributed by atoms with E-state index >= 15 is 0 Å². The molecule has 1 aromatic heterocycles. The first-order valence-electron chi connectivity index (χ1n) is 4.43. The number of hydrogen-bond acceptors (Lipinski definition) is 3. The van der Waals surface area contributed by atoms with Gasteiger partial charge in [-0.05, 0) is 28.5 Å². The third-order valence-corrected chi connectivity index (χ3v) is 3.08. The van der Waals surface area contributed by atoms with Gasteiger partial charge < -0.3 is 5.32 Å². The third kappa shape index (κ3) is 3.24. The molecular weight excluding hydrogens is 312 g/mol. The average molecular weight is 326 g/mol. The Hall–Kier alpha value is -0.100. The van der Waals surface area contributed by atoms with Crippen LogP contribution >= 0.6 is 34.2 Å². The molecular formula is C9H13ClIN3. The van der Waals surface area contributed by atoms with E-state index in [1.807, 2.05) is 0 Å². The molecule has 1 atom stereocenters. The SMILES string of the molecule is CC(C)C(CCl)Nc1ncncc1I. The summed E-state index contributed by atoms with van der Waals surface area (Å²) in [6.07, 6.45) is 3.32. The largest absolute Gasteiger partial charge is 0.365 e. The lowest BCUT2D eigenvalue weighted by Crippen LogP contribution is -2.28. The summed E-state index contributed by atoms with van der Waals surface area (Å²) in [5, 5.41) is 3.31. The quantitative estimate of drug-likeness (QED) is 0.683. The number of nitrogens with one attached hydrogen (secondary N) is 1. The minimum atomic E-state index is 0.250. The molecule has 78 valence electrons. The maximum absolute atomic E-state index is 5.86. The van der Waals surface area contributed by atoms with E-state index in [9.17, 15) is 0 Å². The van der Waals surface area contributed by atoms with E-state index in [0.29, 0.717) is 11.8 Å². The molecule has 0 spiro atoms. The summed E-state index contributed by atoms with van der Waals surface area (Å²) in [5.41, 5.74) is 0. The van der Waals surface area contributed by atoms with Crippen molar-refractivity contribution in [3.05, 3.63) is 16.1 Å². The Morgan fingerprint density at radius 2 is 2.29 bits per heavy atom. The van der Waals surface area contributed by atoms with Crippen molar-refractivity contribution in [1.29, 1.82) is 0 Å². The summed E-state index contributed by atoms with van der Waals surface area (Å²) in [5.74, 6) is 1.93. The smallest absolute Gasteiger partial charge is 0.143 e. The molecule has 0 saturated carbocycles. The van der Waals surface area contributed by atoms with Crippen molar-refractivity contribution in [3.63, 3.8) is 0 Å². The summed E-state index contributed by atoms with van der Waals surface area (Å²) < 4.78 is 1.01. The van der Waals surface area contributed by atoms with E-state index in [2.05, 4.69) is 51.7 Å². The number of rotatable bonds is 4. The van der Waals surface area contributed by atoms with Crippen LogP contribution in [0.2, 0.25) is 0 Å². The fraction of sp³-hybridized carbons (Fsp3) is 0.556. The van der Waals surface area contributed by atoms with Gasteiger partial charge in [0.2, 0.25) is 0 Å². The van der Waals surface area contributed by atoms with E-state index in [0.717, 1.165) is 9.39 Å². The normalized spacial score (nSPS) is 12.9. The Balaban J connectivity index is 2.72. The number of alkyl halides is 1. The van der Waals surface area contributed by atoms with Crippen LogP contribution in [0.4, 0.5) is 5.82 Å². The maximum Gasteiger partial charge on any atom is 0.143 e. The lowest BCUT2D eigenvalue weighted by Gasteiger charge is -2.20. The van der Waals surface area contributed by atoms with Crippen molar-refractivity contribution < 1.29 is 0 Å². The van der Waals surface area contributed by atoms with Crippen LogP contribution in [0.1, 0.15) is 13.8 Å². The second-order valence-corrected chi connectivity index (χ2v) is 4.84. The third-order valence-electron chi connectivity index (χ3n) is 1.96. The van der Waals surface area contributed by atoms with Crippen LogP contribution in [-0.2, 0) is 0 Å². The van der Waals surface area contributed by atoms with Gasteiger partial charge in [0.25, 0.3) is 0 Å². The average Bonchev–Trinajstić information content (AvgIpc) is 2.16. The second-order valence-electron chi connectivity index (χ2n) is 3.37. The minimum Gasteiger partial charge on any atom is -0.365 e. The van der Waals surface area contributed by atoms with Crippen LogP contribution in [0.5, 0.6) is 0 Å². The molecule has 1 aromatic rings. The Bertz CT molecular complexity index is 293. The van der Waals surface area contributed by atoms with Gasteiger partial charge >= 0.3 is 0 Å². The van der Waals surface area contributed by atoms with Crippen molar-refractivity contribution in [2.45, 2.75) is 19.9 Å². The predicted octanol–water partition coefficient (Wildman–Crippen LogP) is 2.76. The number of hydrogen-bond donors (Lipinski definition) is 1. The van der Waals surface area contributed by atoms with E-state index in [1.165, 1.54) is 6.33 Å². The zero-order chi connectivity index (χ0) is 10.6. The van der Waals surface area contributed by atoms with Gasteiger partial charge in [-0.3, -0.25) is 0 Å². The molecule has 14 heavy (non-hydrogen) atoms. The van der Waals surface area contributed by atoms with Crippen molar-refractivity contribution in [1.82, 2.24) is 9.97 Å². The fourth-order valence-electron chi connectivity index (χ4n) is 0.978. The predicted molar refractivity (Wildman–Crippen MR) is 67.7 cm³/mol. The Kier molecular flexibility index (Phi) is 4.88. The summed E-state index contributed by atoms with van der Waals surface area (Å²) >= 11 is 8.06. The van der Waals surface area contributed by atoms with E-state index in [-0.39, 0.29) is 6.04 Å². The number of aromatic nitrogens is 2. The van der Waals surface area contributed by atoms with Gasteiger partial charge in [-0.2, -0.15) is 0 Å². The minimum absolute atomic E-state index is 0.250. The lowest BCUT2D eigenvalue weighted by molar-refractivity contribution is 0.562. The number of halogens is 2. The standard InChI is InChI=1S/C9H13ClIN3/c1-6(2)8(3-10)14-9-7(11)4-12-5-13-9/h4-6,8H,3H2,1-2H3,(H,12,13,14). The zero-order valence-electron chi connectivity index (χ0n) is 8.17. The van der Waals surface area contributed by atoms with Crippen LogP contribution < -0.4 is 5.32 Å². The highest BCUT2D eigenvalue weighted by Crippen LogP contribution is 2.16. The highest BCUT2D eigenvalue weighted by Gasteiger charge is 2.13. The molecule has 0 aliphatic carbocycles. The summed E-state index contributed by atoms with van der Waals surface area (Å²) in [4.78, 5) is 8.09. The fourth-order valence-corrected chi connectivity index (χ4v) is 1.87. The van der Waals surface area contributed by atoms with E-state index in [4.69, 9.17) is 11.6 Å². The first-order valence-corrected chi connectivity index (χ1v) is 6.04. The molecule has 0 aromatic carbocycles. The van der Waals surface area contributed by atoms with Gasteiger partial charge in [-0.15, -0.1) is 11.6 Å². The van der Waals surface area contributed by atoms with Crippen molar-refractivity contribution in [2.75, 3.05) is 11.2 Å². The number of anilines is 1. The molecule has 1 unspecified atom stereocenters. The topological polar surface area (TPSA) is 37.8 Å². The van der Waals surface area contributed by atoms with Gasteiger partial charge in [-0.1, -0.05) is 13.8 Å². The number of nitrogens with zero attached hydrogens (tertiary/aromatic N) is 2. The van der Waals surface area contributed by atoms with E-state index in [1.54, 1.807) is 6.20 Å². The lowest BCUT2D eigenvalue weighted by atomic mass is 10.1. The van der Waals surface area contributed by atoms with Crippen LogP contribution in [0.25, 0.3) is 0 Å². The van der Waals surface area contributed by atoms with Crippen LogP contribution in [0.3, 0.4) is 0 Å². The first-order chi connectivity index (χ1) is 6.65. The molecule has 0 amide bonds. The Morgan fingerprint density at radius 1 is 1.57 bits per heavy atom. The molecule has 1 heterocycles. The Morgan fingerprint density at radius 3 is 2.79 bits per heavy atom. The molecule has 5 heteroatoms. The van der Waals surface area contributed by atoms with Gasteiger partial charge in [0.15, 0.2) is 0 Å². The molecule has 0 saturated heterocycles. The van der Waals surface area contributed by atoms with Crippen LogP contribution in [0.15, 0.2) is 12.5 Å². The highest BCUT2D eigenvalue weighted by atomic mass is 127. The van der Waals surface area contributed by atoms with Crippen molar-refractivity contribution >= 4 is 40.0 Å². The van der Waals surface area contributed by atoms with Gasteiger partial charge in [-0.25, -0.2) is 9.97 Å². The first kappa shape index (κ1) is 12.0. The molecule has 0 fully saturated rings. The van der Waals surface area contributed by atoms with Crippen molar-refractivity contribution in [3.8, 4) is 0 Å².